The van der Waals surface area contributed by atoms with Crippen LogP contribution in [0, 0.1) is 0 Å². The Bertz CT molecular complexity index is 493. The van der Waals surface area contributed by atoms with Gasteiger partial charge in [0.1, 0.15) is 5.60 Å². The monoisotopic (exact) mass is 290 g/mol. The molecule has 1 saturated heterocycles. The van der Waals surface area contributed by atoms with Gasteiger partial charge in [0.15, 0.2) is 0 Å². The largest absolute Gasteiger partial charge is 0.418 e. The molecule has 0 spiro atoms. The van der Waals surface area contributed by atoms with Crippen molar-refractivity contribution in [2.75, 3.05) is 24.2 Å². The van der Waals surface area contributed by atoms with Gasteiger partial charge in [0.2, 0.25) is 0 Å². The van der Waals surface area contributed by atoms with Gasteiger partial charge in [0.25, 0.3) is 0 Å². The van der Waals surface area contributed by atoms with Gasteiger partial charge in [0, 0.05) is 30.9 Å². The maximum Gasteiger partial charge on any atom is 0.418 e. The van der Waals surface area contributed by atoms with E-state index in [1.54, 1.807) is 6.92 Å². The van der Waals surface area contributed by atoms with E-state index < -0.39 is 23.4 Å². The van der Waals surface area contributed by atoms with Gasteiger partial charge < -0.3 is 20.9 Å². The van der Waals surface area contributed by atoms with Crippen LogP contribution in [0.1, 0.15) is 18.9 Å². The molecule has 1 aliphatic rings. The van der Waals surface area contributed by atoms with Gasteiger partial charge in [0.05, 0.1) is 11.7 Å². The van der Waals surface area contributed by atoms with Gasteiger partial charge in [-0.2, -0.15) is 13.2 Å². The maximum absolute atomic E-state index is 12.9. The Morgan fingerprint density at radius 1 is 1.50 bits per heavy atom. The van der Waals surface area contributed by atoms with Crippen LogP contribution in [0.25, 0.3) is 0 Å². The Morgan fingerprint density at radius 2 is 2.20 bits per heavy atom. The fourth-order valence-electron chi connectivity index (χ4n) is 2.20. The first-order chi connectivity index (χ1) is 9.22. The Kier molecular flexibility index (Phi) is 3.84. The summed E-state index contributed by atoms with van der Waals surface area (Å²) in [6.45, 7) is 2.08. The zero-order valence-electron chi connectivity index (χ0n) is 11.0. The molecule has 0 amide bonds. The van der Waals surface area contributed by atoms with Crippen molar-refractivity contribution in [3.05, 3.63) is 23.8 Å². The van der Waals surface area contributed by atoms with Crippen molar-refractivity contribution in [1.29, 1.82) is 0 Å². The zero-order chi connectivity index (χ0) is 15.0. The van der Waals surface area contributed by atoms with E-state index in [1.807, 2.05) is 0 Å². The van der Waals surface area contributed by atoms with Crippen molar-refractivity contribution in [3.63, 3.8) is 0 Å². The number of aliphatic hydroxyl groups is 1. The van der Waals surface area contributed by atoms with Crippen LogP contribution in [0.2, 0.25) is 0 Å². The summed E-state index contributed by atoms with van der Waals surface area (Å²) in [5, 5.41) is 12.9. The number of nitrogen functional groups attached to an aromatic ring is 1. The molecule has 0 aromatic heterocycles. The average Bonchev–Trinajstić information content (AvgIpc) is 2.67. The summed E-state index contributed by atoms with van der Waals surface area (Å²) in [6.07, 6.45) is -4.53. The molecular weight excluding hydrogens is 273 g/mol. The fraction of sp³-hybridized carbons (Fsp3) is 0.538. The second kappa shape index (κ2) is 5.14. The minimum Gasteiger partial charge on any atom is -0.399 e. The lowest BCUT2D eigenvalue weighted by Gasteiger charge is -2.27. The molecule has 0 bridgehead atoms. The Morgan fingerprint density at radius 3 is 2.75 bits per heavy atom. The van der Waals surface area contributed by atoms with E-state index in [4.69, 9.17) is 10.5 Å². The van der Waals surface area contributed by atoms with Gasteiger partial charge in [-0.15, -0.1) is 0 Å². The van der Waals surface area contributed by atoms with Gasteiger partial charge >= 0.3 is 6.18 Å². The lowest BCUT2D eigenvalue weighted by molar-refractivity contribution is -0.137. The molecule has 2 atom stereocenters. The first-order valence-electron chi connectivity index (χ1n) is 6.27. The average molecular weight is 290 g/mol. The lowest BCUT2D eigenvalue weighted by atomic mass is 9.96. The van der Waals surface area contributed by atoms with Gasteiger partial charge in [-0.3, -0.25) is 0 Å². The molecule has 0 saturated carbocycles. The summed E-state index contributed by atoms with van der Waals surface area (Å²) in [7, 11) is 0. The summed E-state index contributed by atoms with van der Waals surface area (Å²) in [5.74, 6) is 0. The molecule has 7 heteroatoms. The second-order valence-electron chi connectivity index (χ2n) is 5.02. The second-order valence-corrected chi connectivity index (χ2v) is 5.02. The molecule has 4 N–H and O–H groups in total. The van der Waals surface area contributed by atoms with Crippen molar-refractivity contribution in [2.45, 2.75) is 31.2 Å². The molecule has 4 nitrogen and oxygen atoms in total. The predicted octanol–water partition coefficient (Wildman–Crippen LogP) is 2.24. The Hall–Kier alpha value is -1.47. The van der Waals surface area contributed by atoms with Crippen LogP contribution >= 0.6 is 0 Å². The third-order valence-electron chi connectivity index (χ3n) is 3.59. The molecule has 2 rings (SSSR count). The topological polar surface area (TPSA) is 67.5 Å². The van der Waals surface area contributed by atoms with Crippen LogP contribution in [0.5, 0.6) is 0 Å². The van der Waals surface area contributed by atoms with E-state index >= 15 is 0 Å². The number of nitrogens with two attached hydrogens (primary N) is 1. The van der Waals surface area contributed by atoms with E-state index in [0.717, 1.165) is 6.07 Å². The van der Waals surface area contributed by atoms with Gasteiger partial charge in [-0.05, 0) is 25.1 Å². The molecule has 112 valence electrons. The van der Waals surface area contributed by atoms with Gasteiger partial charge in [-0.25, -0.2) is 0 Å². The third kappa shape index (κ3) is 2.99. The summed E-state index contributed by atoms with van der Waals surface area (Å²) >= 11 is 0. The minimum absolute atomic E-state index is 0.0127. The number of nitrogens with one attached hydrogen (secondary N) is 1. The van der Waals surface area contributed by atoms with Crippen LogP contribution in [-0.2, 0) is 10.9 Å². The van der Waals surface area contributed by atoms with Crippen molar-refractivity contribution >= 4 is 11.4 Å². The van der Waals surface area contributed by atoms with Crippen molar-refractivity contribution < 1.29 is 23.0 Å². The van der Waals surface area contributed by atoms with Crippen LogP contribution in [0.15, 0.2) is 18.2 Å². The number of alkyl halides is 3. The Labute approximate surface area is 114 Å². The number of rotatable bonds is 3. The fourth-order valence-corrected chi connectivity index (χ4v) is 2.20. The van der Waals surface area contributed by atoms with Gasteiger partial charge in [-0.1, -0.05) is 0 Å². The van der Waals surface area contributed by atoms with Crippen LogP contribution in [0.3, 0.4) is 0 Å². The number of hydrogen-bond acceptors (Lipinski definition) is 4. The number of ether oxygens (including phenoxy) is 1. The molecule has 0 aliphatic carbocycles. The standard InChI is InChI=1S/C13H17F3N2O2/c1-8-12(19,4-5-20-8)7-18-11-3-2-9(17)6-10(11)13(14,15)16/h2-3,6,8,18-19H,4-5,7,17H2,1H3. The third-order valence-corrected chi connectivity index (χ3v) is 3.59. The molecule has 1 aromatic carbocycles. The van der Waals surface area contributed by atoms with Crippen molar-refractivity contribution in [1.82, 2.24) is 0 Å². The maximum atomic E-state index is 12.9. The Balaban J connectivity index is 2.18. The molecule has 2 unspecified atom stereocenters. The highest BCUT2D eigenvalue weighted by atomic mass is 19.4. The number of halogens is 3. The lowest BCUT2D eigenvalue weighted by Crippen LogP contribution is -2.43. The van der Waals surface area contributed by atoms with E-state index in [-0.39, 0.29) is 17.9 Å². The van der Waals surface area contributed by atoms with E-state index in [0.29, 0.717) is 13.0 Å². The molecule has 1 aliphatic heterocycles. The van der Waals surface area contributed by atoms with Crippen LogP contribution < -0.4 is 11.1 Å². The van der Waals surface area contributed by atoms with E-state index in [9.17, 15) is 18.3 Å². The van der Waals surface area contributed by atoms with E-state index in [1.165, 1.54) is 12.1 Å². The molecular formula is C13H17F3N2O2. The highest BCUT2D eigenvalue weighted by molar-refractivity contribution is 5.59. The van der Waals surface area contributed by atoms with Crippen molar-refractivity contribution in [2.24, 2.45) is 0 Å². The molecule has 20 heavy (non-hydrogen) atoms. The first-order valence-corrected chi connectivity index (χ1v) is 6.27. The molecule has 1 aromatic rings. The minimum atomic E-state index is -4.50. The van der Waals surface area contributed by atoms with Crippen LogP contribution in [-0.4, -0.2) is 30.0 Å². The summed E-state index contributed by atoms with van der Waals surface area (Å²) < 4.78 is 44.0. The summed E-state index contributed by atoms with van der Waals surface area (Å²) in [4.78, 5) is 0. The summed E-state index contributed by atoms with van der Waals surface area (Å²) in [5.41, 5.74) is 3.33. The first kappa shape index (κ1) is 14.9. The molecule has 1 heterocycles. The number of anilines is 2. The predicted molar refractivity (Wildman–Crippen MR) is 69.3 cm³/mol. The highest BCUT2D eigenvalue weighted by Crippen LogP contribution is 2.36. The van der Waals surface area contributed by atoms with Crippen LogP contribution in [0.4, 0.5) is 24.5 Å². The SMILES string of the molecule is CC1OCCC1(O)CNc1ccc(N)cc1C(F)(F)F. The quantitative estimate of drug-likeness (QED) is 0.747. The summed E-state index contributed by atoms with van der Waals surface area (Å²) in [6, 6.07) is 3.53. The zero-order valence-corrected chi connectivity index (χ0v) is 11.0. The number of hydrogen-bond donors (Lipinski definition) is 3. The molecule has 0 radical (unpaired) electrons. The van der Waals surface area contributed by atoms with Crippen molar-refractivity contribution in [3.8, 4) is 0 Å². The highest BCUT2D eigenvalue weighted by Gasteiger charge is 2.40. The van der Waals surface area contributed by atoms with E-state index in [2.05, 4.69) is 5.32 Å². The normalized spacial score (nSPS) is 26.8. The molecule has 1 fully saturated rings. The number of benzene rings is 1. The smallest absolute Gasteiger partial charge is 0.399 e.